The van der Waals surface area contributed by atoms with Crippen molar-refractivity contribution < 1.29 is 14.5 Å². The first kappa shape index (κ1) is 16.2. The van der Waals surface area contributed by atoms with Gasteiger partial charge in [-0.25, -0.2) is 0 Å². The molecule has 0 atom stereocenters. The summed E-state index contributed by atoms with van der Waals surface area (Å²) in [4.78, 5) is 22.7. The minimum Gasteiger partial charge on any atom is -0.496 e. The average molecular weight is 412 g/mol. The average Bonchev–Trinajstić information content (AvgIpc) is 2.48. The molecule has 0 saturated heterocycles. The van der Waals surface area contributed by atoms with Crippen LogP contribution < -0.4 is 10.1 Å². The number of halogens is 1. The highest BCUT2D eigenvalue weighted by Crippen LogP contribution is 2.26. The molecule has 0 spiro atoms. The number of benzene rings is 2. The predicted molar refractivity (Wildman–Crippen MR) is 91.5 cm³/mol. The van der Waals surface area contributed by atoms with Gasteiger partial charge in [-0.15, -0.1) is 0 Å². The molecule has 0 heterocycles. The fraction of sp³-hybridized carbons (Fsp3) is 0.133. The van der Waals surface area contributed by atoms with Gasteiger partial charge >= 0.3 is 0 Å². The highest BCUT2D eigenvalue weighted by molar-refractivity contribution is 14.1. The summed E-state index contributed by atoms with van der Waals surface area (Å²) in [6, 6.07) is 9.62. The van der Waals surface area contributed by atoms with E-state index in [1.165, 1.54) is 6.07 Å². The van der Waals surface area contributed by atoms with E-state index >= 15 is 0 Å². The standard InChI is InChI=1S/C15H13IN2O4/c1-9-12(4-3-5-13(9)18(20)21)17-15(19)10-6-7-14(22-2)11(16)8-10/h3-8H,1-2H3,(H,17,19). The van der Waals surface area contributed by atoms with Crippen LogP contribution in [0.25, 0.3) is 0 Å². The Balaban J connectivity index is 2.28. The maximum atomic E-state index is 12.3. The number of ether oxygens (including phenoxy) is 1. The van der Waals surface area contributed by atoms with Crippen molar-refractivity contribution in [3.63, 3.8) is 0 Å². The molecule has 0 aromatic heterocycles. The van der Waals surface area contributed by atoms with Crippen molar-refractivity contribution >= 4 is 39.9 Å². The van der Waals surface area contributed by atoms with Crippen LogP contribution >= 0.6 is 22.6 Å². The number of nitro groups is 1. The molecule has 2 rings (SSSR count). The van der Waals surface area contributed by atoms with Crippen molar-refractivity contribution in [2.75, 3.05) is 12.4 Å². The van der Waals surface area contributed by atoms with Crippen molar-refractivity contribution in [1.29, 1.82) is 0 Å². The fourth-order valence-electron chi connectivity index (χ4n) is 1.96. The van der Waals surface area contributed by atoms with E-state index in [0.717, 1.165) is 3.57 Å². The van der Waals surface area contributed by atoms with Crippen LogP contribution in [0.5, 0.6) is 5.75 Å². The molecule has 0 aliphatic heterocycles. The Kier molecular flexibility index (Phi) is 4.96. The third-order valence-electron chi connectivity index (χ3n) is 3.16. The first-order chi connectivity index (χ1) is 10.4. The van der Waals surface area contributed by atoms with Gasteiger partial charge in [-0.1, -0.05) is 6.07 Å². The van der Waals surface area contributed by atoms with E-state index in [1.54, 1.807) is 44.4 Å². The highest BCUT2D eigenvalue weighted by Gasteiger charge is 2.16. The Morgan fingerprint density at radius 1 is 1.32 bits per heavy atom. The highest BCUT2D eigenvalue weighted by atomic mass is 127. The number of nitrogens with zero attached hydrogens (tertiary/aromatic N) is 1. The molecule has 0 radical (unpaired) electrons. The number of anilines is 1. The van der Waals surface area contributed by atoms with Gasteiger partial charge in [0, 0.05) is 11.6 Å². The van der Waals surface area contributed by atoms with Gasteiger partial charge in [0.15, 0.2) is 0 Å². The second-order valence-electron chi connectivity index (χ2n) is 4.51. The molecule has 0 saturated carbocycles. The number of hydrogen-bond donors (Lipinski definition) is 1. The van der Waals surface area contributed by atoms with Crippen LogP contribution in [0.4, 0.5) is 11.4 Å². The van der Waals surface area contributed by atoms with Gasteiger partial charge in [0.2, 0.25) is 0 Å². The van der Waals surface area contributed by atoms with Gasteiger partial charge in [-0.2, -0.15) is 0 Å². The number of nitro benzene ring substituents is 1. The Hall–Kier alpha value is -2.16. The van der Waals surface area contributed by atoms with E-state index in [9.17, 15) is 14.9 Å². The predicted octanol–water partition coefficient (Wildman–Crippen LogP) is 3.77. The van der Waals surface area contributed by atoms with Gasteiger partial charge < -0.3 is 10.1 Å². The molecule has 2 aromatic rings. The molecule has 0 aliphatic rings. The van der Waals surface area contributed by atoms with Crippen molar-refractivity contribution in [2.45, 2.75) is 6.92 Å². The van der Waals surface area contributed by atoms with E-state index in [4.69, 9.17) is 4.74 Å². The lowest BCUT2D eigenvalue weighted by molar-refractivity contribution is -0.385. The number of methoxy groups -OCH3 is 1. The molecule has 7 heteroatoms. The molecule has 114 valence electrons. The Labute approximate surface area is 140 Å². The van der Waals surface area contributed by atoms with Crippen LogP contribution in [0.2, 0.25) is 0 Å². The van der Waals surface area contributed by atoms with Crippen molar-refractivity contribution in [3.05, 3.63) is 61.2 Å². The monoisotopic (exact) mass is 412 g/mol. The molecule has 6 nitrogen and oxygen atoms in total. The largest absolute Gasteiger partial charge is 0.496 e. The number of rotatable bonds is 4. The quantitative estimate of drug-likeness (QED) is 0.471. The molecule has 0 fully saturated rings. The van der Waals surface area contributed by atoms with Gasteiger partial charge in [-0.05, 0) is 53.8 Å². The summed E-state index contributed by atoms with van der Waals surface area (Å²) in [6.45, 7) is 1.60. The number of carbonyl (C=O) groups excluding carboxylic acids is 1. The number of amides is 1. The molecule has 22 heavy (non-hydrogen) atoms. The summed E-state index contributed by atoms with van der Waals surface area (Å²) in [5.74, 6) is 0.354. The second kappa shape index (κ2) is 6.73. The first-order valence-electron chi connectivity index (χ1n) is 6.33. The molecule has 0 aliphatic carbocycles. The summed E-state index contributed by atoms with van der Waals surface area (Å²) < 4.78 is 5.95. The molecule has 0 unspecified atom stereocenters. The van der Waals surface area contributed by atoms with Crippen LogP contribution in [0.1, 0.15) is 15.9 Å². The van der Waals surface area contributed by atoms with Crippen LogP contribution in [0.3, 0.4) is 0 Å². The van der Waals surface area contributed by atoms with E-state index in [0.29, 0.717) is 22.6 Å². The second-order valence-corrected chi connectivity index (χ2v) is 5.67. The summed E-state index contributed by atoms with van der Waals surface area (Å²) in [5.41, 5.74) is 1.27. The van der Waals surface area contributed by atoms with Crippen molar-refractivity contribution in [1.82, 2.24) is 0 Å². The minimum atomic E-state index is -0.471. The van der Waals surface area contributed by atoms with Gasteiger partial charge in [-0.3, -0.25) is 14.9 Å². The summed E-state index contributed by atoms with van der Waals surface area (Å²) >= 11 is 2.08. The Bertz CT molecular complexity index is 746. The van der Waals surface area contributed by atoms with Crippen LogP contribution in [-0.2, 0) is 0 Å². The summed E-state index contributed by atoms with van der Waals surface area (Å²) in [6.07, 6.45) is 0. The van der Waals surface area contributed by atoms with Gasteiger partial charge in [0.1, 0.15) is 5.75 Å². The number of carbonyl (C=O) groups is 1. The van der Waals surface area contributed by atoms with E-state index < -0.39 is 4.92 Å². The molecule has 0 bridgehead atoms. The smallest absolute Gasteiger partial charge is 0.274 e. The zero-order valence-corrected chi connectivity index (χ0v) is 14.1. The third-order valence-corrected chi connectivity index (χ3v) is 4.01. The Morgan fingerprint density at radius 3 is 2.64 bits per heavy atom. The molecule has 1 amide bonds. The maximum absolute atomic E-state index is 12.3. The molecule has 1 N–H and O–H groups in total. The lowest BCUT2D eigenvalue weighted by Crippen LogP contribution is -2.13. The van der Waals surface area contributed by atoms with Crippen LogP contribution in [-0.4, -0.2) is 17.9 Å². The first-order valence-corrected chi connectivity index (χ1v) is 7.41. The molecule has 2 aromatic carbocycles. The van der Waals surface area contributed by atoms with Crippen molar-refractivity contribution in [2.24, 2.45) is 0 Å². The lowest BCUT2D eigenvalue weighted by atomic mass is 10.1. The molecular formula is C15H13IN2O4. The minimum absolute atomic E-state index is 0.0258. The summed E-state index contributed by atoms with van der Waals surface area (Å²) in [5, 5.41) is 13.6. The zero-order chi connectivity index (χ0) is 16.3. The van der Waals surface area contributed by atoms with E-state index in [1.807, 2.05) is 0 Å². The fourth-order valence-corrected chi connectivity index (χ4v) is 2.69. The zero-order valence-electron chi connectivity index (χ0n) is 11.9. The third kappa shape index (κ3) is 3.35. The maximum Gasteiger partial charge on any atom is 0.274 e. The van der Waals surface area contributed by atoms with Crippen LogP contribution in [0, 0.1) is 20.6 Å². The Morgan fingerprint density at radius 2 is 2.05 bits per heavy atom. The van der Waals surface area contributed by atoms with E-state index in [-0.39, 0.29) is 11.6 Å². The number of nitrogens with one attached hydrogen (secondary N) is 1. The van der Waals surface area contributed by atoms with Gasteiger partial charge in [0.05, 0.1) is 26.9 Å². The number of hydrogen-bond acceptors (Lipinski definition) is 4. The van der Waals surface area contributed by atoms with Gasteiger partial charge in [0.25, 0.3) is 11.6 Å². The SMILES string of the molecule is COc1ccc(C(=O)Nc2cccc([N+](=O)[O-])c2C)cc1I. The topological polar surface area (TPSA) is 81.5 Å². The van der Waals surface area contributed by atoms with E-state index in [2.05, 4.69) is 27.9 Å². The lowest BCUT2D eigenvalue weighted by Gasteiger charge is -2.10. The normalized spacial score (nSPS) is 10.1. The van der Waals surface area contributed by atoms with Crippen LogP contribution in [0.15, 0.2) is 36.4 Å². The molecular weight excluding hydrogens is 399 g/mol. The summed E-state index contributed by atoms with van der Waals surface area (Å²) in [7, 11) is 1.56. The van der Waals surface area contributed by atoms with Crippen molar-refractivity contribution in [3.8, 4) is 5.75 Å².